The number of aromatic nitrogens is 3. The molecule has 0 saturated heterocycles. The number of nitrogens with one attached hydrogen (secondary N) is 1. The molecule has 4 rings (SSSR count). The average molecular weight is 448 g/mol. The lowest BCUT2D eigenvalue weighted by molar-refractivity contribution is 0.100. The van der Waals surface area contributed by atoms with Crippen molar-refractivity contribution >= 4 is 27.2 Å². The van der Waals surface area contributed by atoms with Gasteiger partial charge in [0.05, 0.1) is 25.2 Å². The first-order valence-corrected chi connectivity index (χ1v) is 11.4. The van der Waals surface area contributed by atoms with Gasteiger partial charge in [-0.2, -0.15) is 8.42 Å². The van der Waals surface area contributed by atoms with E-state index >= 15 is 0 Å². The Balaban J connectivity index is 1.51. The van der Waals surface area contributed by atoms with Gasteiger partial charge in [0.2, 0.25) is 0 Å². The van der Waals surface area contributed by atoms with Gasteiger partial charge in [0.25, 0.3) is 0 Å². The molecule has 1 aliphatic carbocycles. The fourth-order valence-corrected chi connectivity index (χ4v) is 4.46. The summed E-state index contributed by atoms with van der Waals surface area (Å²) in [4.78, 5) is 8.81. The maximum Gasteiger partial charge on any atom is 0.333 e. The number of anilines is 1. The van der Waals surface area contributed by atoms with Gasteiger partial charge >= 0.3 is 10.3 Å². The lowest BCUT2D eigenvalue weighted by Crippen LogP contribution is -2.24. The van der Waals surface area contributed by atoms with Crippen LogP contribution < -0.4 is 15.2 Å². The van der Waals surface area contributed by atoms with Crippen LogP contribution in [0.25, 0.3) is 11.0 Å². The van der Waals surface area contributed by atoms with Crippen LogP contribution in [-0.4, -0.2) is 47.9 Å². The van der Waals surface area contributed by atoms with Gasteiger partial charge in [0.15, 0.2) is 0 Å². The lowest BCUT2D eigenvalue weighted by atomic mass is 10.1. The summed E-state index contributed by atoms with van der Waals surface area (Å²) in [5, 5.41) is 19.5. The van der Waals surface area contributed by atoms with E-state index in [-0.39, 0.29) is 18.6 Å². The molecule has 0 spiro atoms. The first-order chi connectivity index (χ1) is 14.9. The van der Waals surface area contributed by atoms with E-state index in [0.717, 1.165) is 22.3 Å². The van der Waals surface area contributed by atoms with Crippen molar-refractivity contribution in [1.29, 1.82) is 0 Å². The molecule has 166 valence electrons. The number of benzene rings is 1. The summed E-state index contributed by atoms with van der Waals surface area (Å²) in [5.41, 5.74) is 1.75. The van der Waals surface area contributed by atoms with Crippen molar-refractivity contribution in [2.45, 2.75) is 31.5 Å². The van der Waals surface area contributed by atoms with Crippen molar-refractivity contribution in [3.8, 4) is 5.75 Å². The molecule has 0 unspecified atom stereocenters. The Morgan fingerprint density at radius 2 is 2.06 bits per heavy atom. The van der Waals surface area contributed by atoms with Gasteiger partial charge in [-0.15, -0.1) is 0 Å². The van der Waals surface area contributed by atoms with E-state index in [4.69, 9.17) is 9.88 Å². The molecule has 11 heteroatoms. The maximum atomic E-state index is 11.1. The number of hydrogen-bond donors (Lipinski definition) is 3. The Labute approximate surface area is 180 Å². The molecule has 2 aromatic heterocycles. The number of nitrogens with zero attached hydrogens (tertiary/aromatic N) is 3. The van der Waals surface area contributed by atoms with Crippen LogP contribution in [-0.2, 0) is 21.0 Å². The van der Waals surface area contributed by atoms with Crippen LogP contribution in [0.5, 0.6) is 5.75 Å². The van der Waals surface area contributed by atoms with E-state index in [1.165, 1.54) is 6.33 Å². The molecule has 4 N–H and O–H groups in total. The molecule has 0 bridgehead atoms. The standard InChI is InChI=1S/C20H25N5O5S/c1-29-18-5-3-2-4-13(18)10-22-19-16-6-7-25(20(16)24-12-23-19)15-8-14(17(26)9-15)11-30-31(21,27)28/h2-7,12,14-15,17,26H,8-11H2,1H3,(H2,21,27,28)(H,22,23,24)/t14-,15+,17-/m0/s1. The lowest BCUT2D eigenvalue weighted by Gasteiger charge is -2.14. The van der Waals surface area contributed by atoms with Crippen LogP contribution in [0.2, 0.25) is 0 Å². The number of methoxy groups -OCH3 is 1. The third-order valence-electron chi connectivity index (χ3n) is 5.62. The molecule has 10 nitrogen and oxygen atoms in total. The van der Waals surface area contributed by atoms with Gasteiger partial charge < -0.3 is 19.7 Å². The van der Waals surface area contributed by atoms with Gasteiger partial charge in [-0.1, -0.05) is 18.2 Å². The van der Waals surface area contributed by atoms with Gasteiger partial charge in [0.1, 0.15) is 23.5 Å². The fraction of sp³-hybridized carbons (Fsp3) is 0.400. The highest BCUT2D eigenvalue weighted by atomic mass is 32.2. The van der Waals surface area contributed by atoms with Crippen molar-refractivity contribution in [2.24, 2.45) is 11.1 Å². The van der Waals surface area contributed by atoms with E-state index < -0.39 is 16.4 Å². The van der Waals surface area contributed by atoms with Crippen molar-refractivity contribution in [2.75, 3.05) is 19.0 Å². The second-order valence-electron chi connectivity index (χ2n) is 7.58. The van der Waals surface area contributed by atoms with E-state index in [0.29, 0.717) is 25.2 Å². The second-order valence-corrected chi connectivity index (χ2v) is 8.80. The van der Waals surface area contributed by atoms with Crippen molar-refractivity contribution in [3.63, 3.8) is 0 Å². The van der Waals surface area contributed by atoms with E-state index in [9.17, 15) is 13.5 Å². The molecular weight excluding hydrogens is 422 g/mol. The molecule has 0 amide bonds. The molecular formula is C20H25N5O5S. The van der Waals surface area contributed by atoms with Crippen LogP contribution in [0.1, 0.15) is 24.4 Å². The summed E-state index contributed by atoms with van der Waals surface area (Å²) < 4.78 is 34.2. The highest BCUT2D eigenvalue weighted by Gasteiger charge is 2.35. The molecule has 0 radical (unpaired) electrons. The zero-order valence-corrected chi connectivity index (χ0v) is 17.8. The monoisotopic (exact) mass is 447 g/mol. The molecule has 2 heterocycles. The first kappa shape index (κ1) is 21.5. The van der Waals surface area contributed by atoms with Crippen molar-refractivity contribution in [1.82, 2.24) is 14.5 Å². The number of aliphatic hydroxyl groups is 1. The predicted molar refractivity (Wildman–Crippen MR) is 115 cm³/mol. The molecule has 1 fully saturated rings. The van der Waals surface area contributed by atoms with Gasteiger partial charge in [-0.3, -0.25) is 4.18 Å². The number of rotatable bonds is 8. The van der Waals surface area contributed by atoms with E-state index in [1.54, 1.807) is 7.11 Å². The minimum atomic E-state index is -4.04. The average Bonchev–Trinajstić information content (AvgIpc) is 3.34. The molecule has 1 saturated carbocycles. The van der Waals surface area contributed by atoms with Gasteiger partial charge in [0, 0.05) is 30.3 Å². The number of aliphatic hydroxyl groups excluding tert-OH is 1. The number of ether oxygens (including phenoxy) is 1. The maximum absolute atomic E-state index is 11.1. The topological polar surface area (TPSA) is 142 Å². The Hall–Kier alpha value is -2.73. The van der Waals surface area contributed by atoms with Gasteiger partial charge in [-0.05, 0) is 25.0 Å². The van der Waals surface area contributed by atoms with Crippen molar-refractivity contribution < 1.29 is 22.4 Å². The smallest absolute Gasteiger partial charge is 0.333 e. The van der Waals surface area contributed by atoms with E-state index in [2.05, 4.69) is 19.5 Å². The zero-order chi connectivity index (χ0) is 22.0. The highest BCUT2D eigenvalue weighted by molar-refractivity contribution is 7.84. The normalized spacial score (nSPS) is 21.5. The number of hydrogen-bond acceptors (Lipinski definition) is 8. The van der Waals surface area contributed by atoms with Gasteiger partial charge in [-0.25, -0.2) is 15.1 Å². The highest BCUT2D eigenvalue weighted by Crippen LogP contribution is 2.37. The summed E-state index contributed by atoms with van der Waals surface area (Å²) in [7, 11) is -2.40. The summed E-state index contributed by atoms with van der Waals surface area (Å²) >= 11 is 0. The molecule has 0 aliphatic heterocycles. The molecule has 1 aliphatic rings. The van der Waals surface area contributed by atoms with Crippen LogP contribution in [0, 0.1) is 5.92 Å². The number of fused-ring (bicyclic) bond motifs is 1. The van der Waals surface area contributed by atoms with Crippen LogP contribution in [0.4, 0.5) is 5.82 Å². The largest absolute Gasteiger partial charge is 0.496 e. The SMILES string of the molecule is COc1ccccc1CNc1ncnc2c1ccn2[C@@H]1C[C@@H](COS(N)(=O)=O)[C@@H](O)C1. The molecule has 31 heavy (non-hydrogen) atoms. The quantitative estimate of drug-likeness (QED) is 0.473. The number of nitrogens with two attached hydrogens (primary N) is 1. The Morgan fingerprint density at radius 3 is 2.84 bits per heavy atom. The van der Waals surface area contributed by atoms with Crippen LogP contribution in [0.15, 0.2) is 42.9 Å². The molecule has 3 atom stereocenters. The van der Waals surface area contributed by atoms with Crippen molar-refractivity contribution in [3.05, 3.63) is 48.4 Å². The molecule has 3 aromatic rings. The second kappa shape index (κ2) is 8.79. The predicted octanol–water partition coefficient (Wildman–Crippen LogP) is 1.58. The number of para-hydroxylation sites is 1. The van der Waals surface area contributed by atoms with E-state index in [1.807, 2.05) is 41.1 Å². The Morgan fingerprint density at radius 1 is 1.26 bits per heavy atom. The molecule has 1 aromatic carbocycles. The first-order valence-electron chi connectivity index (χ1n) is 9.88. The Bertz CT molecular complexity index is 1170. The minimum Gasteiger partial charge on any atom is -0.496 e. The Kier molecular flexibility index (Phi) is 6.10. The summed E-state index contributed by atoms with van der Waals surface area (Å²) in [5.74, 6) is 1.17. The third-order valence-corrected chi connectivity index (χ3v) is 6.08. The third kappa shape index (κ3) is 4.79. The minimum absolute atomic E-state index is 0.0430. The fourth-order valence-electron chi connectivity index (χ4n) is 4.10. The zero-order valence-electron chi connectivity index (χ0n) is 17.0. The summed E-state index contributed by atoms with van der Waals surface area (Å²) in [6.45, 7) is 0.396. The summed E-state index contributed by atoms with van der Waals surface area (Å²) in [6.07, 6.45) is 3.74. The van der Waals surface area contributed by atoms with Crippen LogP contribution in [0.3, 0.4) is 0 Å². The van der Waals surface area contributed by atoms with Crippen LogP contribution >= 0.6 is 0 Å². The summed E-state index contributed by atoms with van der Waals surface area (Å²) in [6, 6.07) is 9.65.